The minimum Gasteiger partial charge on any atom is -0.348 e. The van der Waals surface area contributed by atoms with Crippen LogP contribution in [-0.2, 0) is 13.1 Å². The molecule has 4 nitrogen and oxygen atoms in total. The fourth-order valence-electron chi connectivity index (χ4n) is 3.16. The molecule has 1 aromatic heterocycles. The second kappa shape index (κ2) is 6.69. The lowest BCUT2D eigenvalue weighted by atomic mass is 10.0. The average molecular weight is 297 g/mol. The Morgan fingerprint density at radius 2 is 2.00 bits per heavy atom. The molecule has 0 fully saturated rings. The van der Waals surface area contributed by atoms with Crippen LogP contribution in [0.1, 0.15) is 37.1 Å². The maximum Gasteiger partial charge on any atom is 0.318 e. The Hall–Kier alpha value is -2.23. The number of fused-ring (bicyclic) bond motifs is 1. The van der Waals surface area contributed by atoms with Gasteiger partial charge in [0.2, 0.25) is 0 Å². The number of benzene rings is 1. The third kappa shape index (κ3) is 3.01. The highest BCUT2D eigenvalue weighted by Gasteiger charge is 2.29. The van der Waals surface area contributed by atoms with Crippen LogP contribution in [0.5, 0.6) is 0 Å². The summed E-state index contributed by atoms with van der Waals surface area (Å²) in [7, 11) is 0. The summed E-state index contributed by atoms with van der Waals surface area (Å²) >= 11 is 0. The Bertz CT molecular complexity index is 620. The van der Waals surface area contributed by atoms with Crippen molar-refractivity contribution in [1.29, 1.82) is 0 Å². The molecule has 116 valence electrons. The molecule has 0 saturated heterocycles. The Balaban J connectivity index is 1.69. The standard InChI is InChI=1S/C18H23N3O/c1-2-7-17-16-10-6-11-20(16)12-13-21(17)18(22)19-14-15-8-4-3-5-9-15/h3-6,8-11,17H,2,7,12-14H2,1H3,(H,19,22)/t17-/m0/s1. The van der Waals surface area contributed by atoms with E-state index in [1.165, 1.54) is 5.69 Å². The zero-order valence-electron chi connectivity index (χ0n) is 13.0. The predicted octanol–water partition coefficient (Wildman–Crippen LogP) is 3.55. The molecule has 0 unspecified atom stereocenters. The summed E-state index contributed by atoms with van der Waals surface area (Å²) in [6, 6.07) is 14.5. The summed E-state index contributed by atoms with van der Waals surface area (Å²) < 4.78 is 2.27. The van der Waals surface area contributed by atoms with E-state index in [1.807, 2.05) is 35.2 Å². The number of hydrogen-bond donors (Lipinski definition) is 1. The first-order chi connectivity index (χ1) is 10.8. The largest absolute Gasteiger partial charge is 0.348 e. The lowest BCUT2D eigenvalue weighted by Gasteiger charge is -2.37. The topological polar surface area (TPSA) is 37.3 Å². The van der Waals surface area contributed by atoms with Crippen molar-refractivity contribution >= 4 is 6.03 Å². The number of urea groups is 1. The lowest BCUT2D eigenvalue weighted by molar-refractivity contribution is 0.150. The number of rotatable bonds is 4. The van der Waals surface area contributed by atoms with E-state index in [4.69, 9.17) is 0 Å². The molecule has 0 spiro atoms. The highest BCUT2D eigenvalue weighted by atomic mass is 16.2. The third-order valence-corrected chi connectivity index (χ3v) is 4.27. The van der Waals surface area contributed by atoms with Gasteiger partial charge in [0.1, 0.15) is 0 Å². The van der Waals surface area contributed by atoms with Crippen molar-refractivity contribution in [3.05, 3.63) is 59.9 Å². The van der Waals surface area contributed by atoms with Gasteiger partial charge in [0.05, 0.1) is 6.04 Å². The minimum atomic E-state index is 0.0368. The van der Waals surface area contributed by atoms with Gasteiger partial charge in [0.15, 0.2) is 0 Å². The number of carbonyl (C=O) groups is 1. The van der Waals surface area contributed by atoms with Crippen molar-refractivity contribution in [1.82, 2.24) is 14.8 Å². The van der Waals surface area contributed by atoms with Gasteiger partial charge in [-0.05, 0) is 24.1 Å². The van der Waals surface area contributed by atoms with E-state index in [0.29, 0.717) is 6.54 Å². The predicted molar refractivity (Wildman–Crippen MR) is 87.5 cm³/mol. The number of nitrogens with zero attached hydrogens (tertiary/aromatic N) is 2. The van der Waals surface area contributed by atoms with Gasteiger partial charge in [-0.3, -0.25) is 0 Å². The van der Waals surface area contributed by atoms with E-state index < -0.39 is 0 Å². The Morgan fingerprint density at radius 1 is 1.18 bits per heavy atom. The number of amides is 2. The molecule has 1 aromatic carbocycles. The molecule has 4 heteroatoms. The highest BCUT2D eigenvalue weighted by Crippen LogP contribution is 2.29. The van der Waals surface area contributed by atoms with Crippen LogP contribution in [0.25, 0.3) is 0 Å². The first kappa shape index (κ1) is 14.7. The number of aromatic nitrogens is 1. The summed E-state index contributed by atoms with van der Waals surface area (Å²) in [5.74, 6) is 0. The lowest BCUT2D eigenvalue weighted by Crippen LogP contribution is -2.46. The molecular weight excluding hydrogens is 274 g/mol. The molecule has 0 radical (unpaired) electrons. The van der Waals surface area contributed by atoms with E-state index >= 15 is 0 Å². The second-order valence-corrected chi connectivity index (χ2v) is 5.77. The summed E-state index contributed by atoms with van der Waals surface area (Å²) in [6.07, 6.45) is 4.18. The van der Waals surface area contributed by atoms with Gasteiger partial charge in [-0.2, -0.15) is 0 Å². The van der Waals surface area contributed by atoms with Crippen LogP contribution < -0.4 is 5.32 Å². The van der Waals surface area contributed by atoms with Crippen LogP contribution in [0.15, 0.2) is 48.7 Å². The monoisotopic (exact) mass is 297 g/mol. The molecule has 2 amide bonds. The van der Waals surface area contributed by atoms with Gasteiger partial charge in [-0.15, -0.1) is 0 Å². The van der Waals surface area contributed by atoms with Crippen molar-refractivity contribution in [3.8, 4) is 0 Å². The van der Waals surface area contributed by atoms with Crippen LogP contribution in [0.4, 0.5) is 4.79 Å². The number of nitrogens with one attached hydrogen (secondary N) is 1. The van der Waals surface area contributed by atoms with Crippen LogP contribution in [0, 0.1) is 0 Å². The zero-order valence-corrected chi connectivity index (χ0v) is 13.0. The molecule has 1 N–H and O–H groups in total. The zero-order chi connectivity index (χ0) is 15.4. The quantitative estimate of drug-likeness (QED) is 0.920. The molecule has 22 heavy (non-hydrogen) atoms. The highest BCUT2D eigenvalue weighted by molar-refractivity contribution is 5.74. The summed E-state index contributed by atoms with van der Waals surface area (Å²) in [5, 5.41) is 3.06. The summed E-state index contributed by atoms with van der Waals surface area (Å²) in [4.78, 5) is 14.6. The SMILES string of the molecule is CCC[C@H]1c2cccn2CCN1C(=O)NCc1ccccc1. The van der Waals surface area contributed by atoms with Gasteiger partial charge in [0, 0.05) is 31.5 Å². The van der Waals surface area contributed by atoms with Crippen molar-refractivity contribution in [3.63, 3.8) is 0 Å². The van der Waals surface area contributed by atoms with E-state index in [0.717, 1.165) is 31.5 Å². The first-order valence-electron chi connectivity index (χ1n) is 8.03. The van der Waals surface area contributed by atoms with Crippen molar-refractivity contribution in [2.75, 3.05) is 6.54 Å². The summed E-state index contributed by atoms with van der Waals surface area (Å²) in [6.45, 7) is 4.40. The fourth-order valence-corrected chi connectivity index (χ4v) is 3.16. The molecular formula is C18H23N3O. The van der Waals surface area contributed by atoms with Crippen molar-refractivity contribution in [2.24, 2.45) is 0 Å². The molecule has 1 aliphatic rings. The van der Waals surface area contributed by atoms with E-state index in [9.17, 15) is 4.79 Å². The van der Waals surface area contributed by atoms with E-state index in [1.54, 1.807) is 0 Å². The van der Waals surface area contributed by atoms with Gasteiger partial charge < -0.3 is 14.8 Å². The maximum atomic E-state index is 12.6. The van der Waals surface area contributed by atoms with E-state index in [2.05, 4.69) is 35.1 Å². The van der Waals surface area contributed by atoms with Crippen LogP contribution in [0.3, 0.4) is 0 Å². The molecule has 1 aliphatic heterocycles. The number of carbonyl (C=O) groups excluding carboxylic acids is 1. The molecule has 1 atom stereocenters. The van der Waals surface area contributed by atoms with Gasteiger partial charge >= 0.3 is 6.03 Å². The van der Waals surface area contributed by atoms with Crippen LogP contribution >= 0.6 is 0 Å². The Kier molecular flexibility index (Phi) is 4.47. The maximum absolute atomic E-state index is 12.6. The molecule has 0 aliphatic carbocycles. The summed E-state index contributed by atoms with van der Waals surface area (Å²) in [5.41, 5.74) is 2.38. The van der Waals surface area contributed by atoms with Crippen molar-refractivity contribution in [2.45, 2.75) is 38.9 Å². The minimum absolute atomic E-state index is 0.0368. The molecule has 2 heterocycles. The van der Waals surface area contributed by atoms with Gasteiger partial charge in [0.25, 0.3) is 0 Å². The van der Waals surface area contributed by atoms with Crippen molar-refractivity contribution < 1.29 is 4.79 Å². The fraction of sp³-hybridized carbons (Fsp3) is 0.389. The Labute approximate surface area is 131 Å². The average Bonchev–Trinajstić information content (AvgIpc) is 3.03. The van der Waals surface area contributed by atoms with Crippen LogP contribution in [0.2, 0.25) is 0 Å². The van der Waals surface area contributed by atoms with Crippen LogP contribution in [-0.4, -0.2) is 22.0 Å². The smallest absolute Gasteiger partial charge is 0.318 e. The first-order valence-corrected chi connectivity index (χ1v) is 8.03. The van der Waals surface area contributed by atoms with E-state index in [-0.39, 0.29) is 12.1 Å². The molecule has 2 aromatic rings. The molecule has 0 bridgehead atoms. The van der Waals surface area contributed by atoms with Gasteiger partial charge in [-0.25, -0.2) is 4.79 Å². The molecule has 3 rings (SSSR count). The molecule has 0 saturated carbocycles. The normalized spacial score (nSPS) is 17.1. The van der Waals surface area contributed by atoms with Gasteiger partial charge in [-0.1, -0.05) is 43.7 Å². The Morgan fingerprint density at radius 3 is 2.77 bits per heavy atom. The second-order valence-electron chi connectivity index (χ2n) is 5.77. The number of hydrogen-bond acceptors (Lipinski definition) is 1. The third-order valence-electron chi connectivity index (χ3n) is 4.27.